The maximum atomic E-state index is 13.0. The van der Waals surface area contributed by atoms with Crippen LogP contribution in [0.15, 0.2) is 84.9 Å². The van der Waals surface area contributed by atoms with Crippen LogP contribution in [0.2, 0.25) is 0 Å². The minimum absolute atomic E-state index is 0.113. The standard InChI is InChI=1S/C26H28N2O2/c29-16-8-15-27-20-26(30)28(19-25(27)17-21-9-3-1-4-10-21)24-14-7-13-23(18-24)22-11-5-2-6-12-22/h1-7,9-14,18,25,29H,8,15-17,19-20H2/t25-/m1/s1. The molecule has 1 aliphatic rings. The molecule has 0 radical (unpaired) electrons. The molecule has 3 aromatic carbocycles. The molecule has 1 amide bonds. The maximum Gasteiger partial charge on any atom is 0.241 e. The molecule has 0 bridgehead atoms. The van der Waals surface area contributed by atoms with E-state index in [1.165, 1.54) is 5.56 Å². The third-order valence-corrected chi connectivity index (χ3v) is 5.73. The first kappa shape index (κ1) is 20.3. The van der Waals surface area contributed by atoms with E-state index < -0.39 is 0 Å². The molecule has 154 valence electrons. The highest BCUT2D eigenvalue weighted by atomic mass is 16.3. The lowest BCUT2D eigenvalue weighted by Gasteiger charge is -2.41. The molecule has 0 unspecified atom stereocenters. The summed E-state index contributed by atoms with van der Waals surface area (Å²) >= 11 is 0. The van der Waals surface area contributed by atoms with Crippen LogP contribution in [0, 0.1) is 0 Å². The minimum Gasteiger partial charge on any atom is -0.396 e. The van der Waals surface area contributed by atoms with Crippen molar-refractivity contribution in [3.63, 3.8) is 0 Å². The number of aliphatic hydroxyl groups excluding tert-OH is 1. The molecule has 1 fully saturated rings. The van der Waals surface area contributed by atoms with Crippen molar-refractivity contribution in [2.45, 2.75) is 18.9 Å². The number of aliphatic hydroxyl groups is 1. The van der Waals surface area contributed by atoms with Gasteiger partial charge in [0.2, 0.25) is 5.91 Å². The van der Waals surface area contributed by atoms with E-state index in [1.54, 1.807) is 0 Å². The van der Waals surface area contributed by atoms with E-state index in [4.69, 9.17) is 0 Å². The summed E-state index contributed by atoms with van der Waals surface area (Å²) in [7, 11) is 0. The molecule has 4 rings (SSSR count). The van der Waals surface area contributed by atoms with Crippen LogP contribution in [-0.2, 0) is 11.2 Å². The third kappa shape index (κ3) is 4.78. The number of amides is 1. The summed E-state index contributed by atoms with van der Waals surface area (Å²) in [6.45, 7) is 1.91. The Morgan fingerprint density at radius 3 is 2.30 bits per heavy atom. The molecular formula is C26H28N2O2. The number of hydrogen-bond donors (Lipinski definition) is 1. The van der Waals surface area contributed by atoms with Gasteiger partial charge in [0.05, 0.1) is 6.54 Å². The number of carbonyl (C=O) groups is 1. The Morgan fingerprint density at radius 1 is 0.867 bits per heavy atom. The van der Waals surface area contributed by atoms with E-state index in [0.717, 1.165) is 29.8 Å². The Hall–Kier alpha value is -2.95. The molecule has 0 aliphatic carbocycles. The number of nitrogens with zero attached hydrogens (tertiary/aromatic N) is 2. The van der Waals surface area contributed by atoms with Gasteiger partial charge in [0.25, 0.3) is 0 Å². The van der Waals surface area contributed by atoms with Crippen LogP contribution < -0.4 is 4.90 Å². The molecule has 0 saturated carbocycles. The lowest BCUT2D eigenvalue weighted by atomic mass is 10.00. The SMILES string of the molecule is O=C1CN(CCCO)[C@H](Cc2ccccc2)CN1c1cccc(-c2ccccc2)c1. The van der Waals surface area contributed by atoms with Crippen molar-refractivity contribution in [3.05, 3.63) is 90.5 Å². The first-order valence-electron chi connectivity index (χ1n) is 10.6. The first-order valence-corrected chi connectivity index (χ1v) is 10.6. The second-order valence-corrected chi connectivity index (χ2v) is 7.81. The topological polar surface area (TPSA) is 43.8 Å². The van der Waals surface area contributed by atoms with Crippen LogP contribution in [0.3, 0.4) is 0 Å². The summed E-state index contributed by atoms with van der Waals surface area (Å²) in [5.41, 5.74) is 4.47. The van der Waals surface area contributed by atoms with Gasteiger partial charge in [-0.15, -0.1) is 0 Å². The Balaban J connectivity index is 1.58. The fourth-order valence-electron chi connectivity index (χ4n) is 4.16. The summed E-state index contributed by atoms with van der Waals surface area (Å²) in [5, 5.41) is 9.29. The van der Waals surface area contributed by atoms with Gasteiger partial charge in [-0.25, -0.2) is 0 Å². The van der Waals surface area contributed by atoms with Gasteiger partial charge in [-0.3, -0.25) is 9.69 Å². The second-order valence-electron chi connectivity index (χ2n) is 7.81. The highest BCUT2D eigenvalue weighted by Crippen LogP contribution is 2.27. The second kappa shape index (κ2) is 9.70. The van der Waals surface area contributed by atoms with Gasteiger partial charge in [0, 0.05) is 31.4 Å². The molecule has 0 spiro atoms. The predicted molar refractivity (Wildman–Crippen MR) is 121 cm³/mol. The molecule has 4 heteroatoms. The molecular weight excluding hydrogens is 372 g/mol. The Labute approximate surface area is 178 Å². The van der Waals surface area contributed by atoms with E-state index in [2.05, 4.69) is 53.4 Å². The molecule has 1 aliphatic heterocycles. The summed E-state index contributed by atoms with van der Waals surface area (Å²) in [4.78, 5) is 17.2. The number of anilines is 1. The zero-order chi connectivity index (χ0) is 20.8. The normalized spacial score (nSPS) is 17.3. The van der Waals surface area contributed by atoms with Gasteiger partial charge in [-0.2, -0.15) is 0 Å². The number of carbonyl (C=O) groups excluding carboxylic acids is 1. The van der Waals surface area contributed by atoms with E-state index in [1.807, 2.05) is 41.3 Å². The number of piperazine rings is 1. The lowest BCUT2D eigenvalue weighted by Crippen LogP contribution is -2.57. The van der Waals surface area contributed by atoms with Crippen LogP contribution in [0.5, 0.6) is 0 Å². The molecule has 1 saturated heterocycles. The van der Waals surface area contributed by atoms with Crippen molar-refractivity contribution in [1.29, 1.82) is 0 Å². The quantitative estimate of drug-likeness (QED) is 0.652. The number of benzene rings is 3. The molecule has 3 aromatic rings. The first-order chi connectivity index (χ1) is 14.7. The molecule has 4 nitrogen and oxygen atoms in total. The van der Waals surface area contributed by atoms with E-state index in [9.17, 15) is 9.90 Å². The lowest BCUT2D eigenvalue weighted by molar-refractivity contribution is -0.122. The Morgan fingerprint density at radius 2 is 1.57 bits per heavy atom. The highest BCUT2D eigenvalue weighted by Gasteiger charge is 2.32. The van der Waals surface area contributed by atoms with Gasteiger partial charge in [0.15, 0.2) is 0 Å². The van der Waals surface area contributed by atoms with Gasteiger partial charge >= 0.3 is 0 Å². The van der Waals surface area contributed by atoms with E-state index in [0.29, 0.717) is 19.5 Å². The van der Waals surface area contributed by atoms with Crippen molar-refractivity contribution in [2.75, 3.05) is 31.1 Å². The van der Waals surface area contributed by atoms with Crippen molar-refractivity contribution < 1.29 is 9.90 Å². The van der Waals surface area contributed by atoms with Gasteiger partial charge < -0.3 is 10.0 Å². The number of rotatable bonds is 7. The highest BCUT2D eigenvalue weighted by molar-refractivity contribution is 5.96. The average molecular weight is 401 g/mol. The van der Waals surface area contributed by atoms with Crippen molar-refractivity contribution in [2.24, 2.45) is 0 Å². The molecule has 1 atom stereocenters. The monoisotopic (exact) mass is 400 g/mol. The van der Waals surface area contributed by atoms with Gasteiger partial charge in [0.1, 0.15) is 0 Å². The number of hydrogen-bond acceptors (Lipinski definition) is 3. The molecule has 0 aromatic heterocycles. The zero-order valence-electron chi connectivity index (χ0n) is 17.2. The van der Waals surface area contributed by atoms with Crippen LogP contribution >= 0.6 is 0 Å². The predicted octanol–water partition coefficient (Wildman–Crippen LogP) is 4.00. The van der Waals surface area contributed by atoms with Crippen LogP contribution in [0.25, 0.3) is 11.1 Å². The third-order valence-electron chi connectivity index (χ3n) is 5.73. The smallest absolute Gasteiger partial charge is 0.241 e. The summed E-state index contributed by atoms with van der Waals surface area (Å²) < 4.78 is 0. The molecule has 1 heterocycles. The summed E-state index contributed by atoms with van der Waals surface area (Å²) in [5.74, 6) is 0.113. The Bertz CT molecular complexity index is 959. The maximum absolute atomic E-state index is 13.0. The minimum atomic E-state index is 0.113. The van der Waals surface area contributed by atoms with Crippen molar-refractivity contribution >= 4 is 11.6 Å². The fraction of sp³-hybridized carbons (Fsp3) is 0.269. The largest absolute Gasteiger partial charge is 0.396 e. The van der Waals surface area contributed by atoms with E-state index >= 15 is 0 Å². The summed E-state index contributed by atoms with van der Waals surface area (Å²) in [6, 6.07) is 29.1. The zero-order valence-corrected chi connectivity index (χ0v) is 17.2. The molecule has 30 heavy (non-hydrogen) atoms. The average Bonchev–Trinajstić information content (AvgIpc) is 2.80. The van der Waals surface area contributed by atoms with Gasteiger partial charge in [-0.05, 0) is 41.7 Å². The summed E-state index contributed by atoms with van der Waals surface area (Å²) in [6.07, 6.45) is 1.57. The van der Waals surface area contributed by atoms with Gasteiger partial charge in [-0.1, -0.05) is 72.8 Å². The van der Waals surface area contributed by atoms with Crippen molar-refractivity contribution in [3.8, 4) is 11.1 Å². The van der Waals surface area contributed by atoms with Crippen LogP contribution in [0.4, 0.5) is 5.69 Å². The van der Waals surface area contributed by atoms with E-state index in [-0.39, 0.29) is 18.6 Å². The fourth-order valence-corrected chi connectivity index (χ4v) is 4.16. The van der Waals surface area contributed by atoms with Crippen molar-refractivity contribution in [1.82, 2.24) is 4.90 Å². The molecule has 1 N–H and O–H groups in total. The Kier molecular flexibility index (Phi) is 6.57. The van der Waals surface area contributed by atoms with Crippen LogP contribution in [0.1, 0.15) is 12.0 Å². The van der Waals surface area contributed by atoms with Crippen LogP contribution in [-0.4, -0.2) is 48.2 Å².